The summed E-state index contributed by atoms with van der Waals surface area (Å²) in [5, 5.41) is 17.0. The van der Waals surface area contributed by atoms with E-state index in [1.165, 1.54) is 24.4 Å². The molecule has 1 aromatic heterocycles. The largest absolute Gasteiger partial charge is 0.505 e. The lowest BCUT2D eigenvalue weighted by atomic mass is 9.98. The summed E-state index contributed by atoms with van der Waals surface area (Å²) in [6.07, 6.45) is 3.23. The van der Waals surface area contributed by atoms with Crippen LogP contribution in [0.1, 0.15) is 28.8 Å². The molecule has 1 fully saturated rings. The highest BCUT2D eigenvalue weighted by Crippen LogP contribution is 2.41. The summed E-state index contributed by atoms with van der Waals surface area (Å²) in [4.78, 5) is 17.5. The van der Waals surface area contributed by atoms with Gasteiger partial charge in [0.25, 0.3) is 0 Å². The van der Waals surface area contributed by atoms with Gasteiger partial charge in [-0.05, 0) is 61.3 Å². The number of Topliss-reactive ketones (excluding diaryl/α,β-unsaturated/α-hetero) is 1. The van der Waals surface area contributed by atoms with Crippen molar-refractivity contribution >= 4 is 51.3 Å². The minimum absolute atomic E-state index is 0.0116. The number of pyridine rings is 1. The van der Waals surface area contributed by atoms with Crippen molar-refractivity contribution in [3.8, 4) is 16.9 Å². The van der Waals surface area contributed by atoms with Crippen molar-refractivity contribution in [1.82, 2.24) is 10.3 Å². The minimum atomic E-state index is -0.522. The predicted molar refractivity (Wildman–Crippen MR) is 138 cm³/mol. The summed E-state index contributed by atoms with van der Waals surface area (Å²) in [5.74, 6) is -0.773. The van der Waals surface area contributed by atoms with Crippen LogP contribution in [0.25, 0.3) is 22.0 Å². The van der Waals surface area contributed by atoms with Gasteiger partial charge in [0.1, 0.15) is 5.82 Å². The van der Waals surface area contributed by atoms with E-state index in [2.05, 4.69) is 15.6 Å². The number of hydrogen-bond donors (Lipinski definition) is 3. The van der Waals surface area contributed by atoms with Crippen LogP contribution in [0.2, 0.25) is 10.0 Å². The number of nitrogens with zero attached hydrogens (tertiary/aromatic N) is 1. The number of anilines is 2. The van der Waals surface area contributed by atoms with Crippen LogP contribution >= 0.6 is 23.2 Å². The number of phenolic OH excluding ortho intramolecular Hbond substituents is 1. The maximum atomic E-state index is 15.2. The van der Waals surface area contributed by atoms with Gasteiger partial charge in [-0.1, -0.05) is 35.3 Å². The number of carbonyl (C=O) groups excluding carboxylic acids is 1. The molecule has 1 heterocycles. The van der Waals surface area contributed by atoms with Gasteiger partial charge in [0.05, 0.1) is 26.8 Å². The van der Waals surface area contributed by atoms with Crippen LogP contribution < -0.4 is 10.6 Å². The molecule has 3 aromatic carbocycles. The third kappa shape index (κ3) is 4.69. The molecule has 0 amide bonds. The zero-order chi connectivity index (χ0) is 24.7. The second-order valence-corrected chi connectivity index (χ2v) is 9.49. The fraction of sp³-hybridized carbons (Fsp3) is 0.185. The van der Waals surface area contributed by atoms with E-state index < -0.39 is 5.82 Å². The number of aromatic hydroxyl groups is 1. The van der Waals surface area contributed by atoms with Crippen LogP contribution in [0.5, 0.6) is 5.75 Å². The Morgan fingerprint density at radius 3 is 2.43 bits per heavy atom. The summed E-state index contributed by atoms with van der Waals surface area (Å²) in [7, 11) is 1.89. The number of benzene rings is 3. The van der Waals surface area contributed by atoms with Gasteiger partial charge in [0.15, 0.2) is 11.5 Å². The molecular formula is C27H22Cl2FN3O2. The summed E-state index contributed by atoms with van der Waals surface area (Å²) in [6.45, 7) is 0.740. The second kappa shape index (κ2) is 9.46. The van der Waals surface area contributed by atoms with E-state index in [4.69, 9.17) is 23.2 Å². The molecule has 0 atom stereocenters. The molecule has 5 rings (SSSR count). The zero-order valence-electron chi connectivity index (χ0n) is 18.8. The van der Waals surface area contributed by atoms with E-state index in [0.717, 1.165) is 30.6 Å². The van der Waals surface area contributed by atoms with Crippen LogP contribution in [0, 0.1) is 11.7 Å². The SMILES string of the molecule is CNCc1ccc(Nc2c(C(=O)C3CC3)cnc3cc(F)c(-c4cc(Cl)c(O)c(Cl)c4)cc23)cc1. The van der Waals surface area contributed by atoms with Gasteiger partial charge < -0.3 is 15.7 Å². The normalized spacial score (nSPS) is 13.3. The average molecular weight is 510 g/mol. The predicted octanol–water partition coefficient (Wildman–Crippen LogP) is 7.11. The van der Waals surface area contributed by atoms with Gasteiger partial charge in [-0.2, -0.15) is 0 Å². The lowest BCUT2D eigenvalue weighted by Gasteiger charge is -2.16. The van der Waals surface area contributed by atoms with Crippen LogP contribution in [0.15, 0.2) is 54.7 Å². The van der Waals surface area contributed by atoms with Crippen molar-refractivity contribution in [3.05, 3.63) is 81.7 Å². The number of hydrogen-bond acceptors (Lipinski definition) is 5. The van der Waals surface area contributed by atoms with Crippen molar-refractivity contribution in [3.63, 3.8) is 0 Å². The molecule has 1 aliphatic rings. The molecule has 0 spiro atoms. The fourth-order valence-electron chi connectivity index (χ4n) is 4.10. The first-order valence-corrected chi connectivity index (χ1v) is 12.0. The van der Waals surface area contributed by atoms with Gasteiger partial charge >= 0.3 is 0 Å². The summed E-state index contributed by atoms with van der Waals surface area (Å²) in [5.41, 5.74) is 4.00. The molecule has 1 aliphatic carbocycles. The molecule has 8 heteroatoms. The number of carbonyl (C=O) groups is 1. The molecule has 1 saturated carbocycles. The molecule has 178 valence electrons. The van der Waals surface area contributed by atoms with E-state index in [1.807, 2.05) is 31.3 Å². The van der Waals surface area contributed by atoms with Crippen molar-refractivity contribution in [1.29, 1.82) is 0 Å². The number of aromatic nitrogens is 1. The Hall–Kier alpha value is -3.19. The van der Waals surface area contributed by atoms with Gasteiger partial charge in [0, 0.05) is 41.4 Å². The van der Waals surface area contributed by atoms with Crippen LogP contribution in [-0.4, -0.2) is 22.9 Å². The van der Waals surface area contributed by atoms with E-state index in [-0.39, 0.29) is 33.1 Å². The van der Waals surface area contributed by atoms with E-state index in [0.29, 0.717) is 27.7 Å². The fourth-order valence-corrected chi connectivity index (χ4v) is 4.58. The van der Waals surface area contributed by atoms with Gasteiger partial charge in [-0.3, -0.25) is 9.78 Å². The highest BCUT2D eigenvalue weighted by molar-refractivity contribution is 6.37. The quantitative estimate of drug-likeness (QED) is 0.231. The Morgan fingerprint density at radius 2 is 1.80 bits per heavy atom. The number of fused-ring (bicyclic) bond motifs is 1. The first-order valence-electron chi connectivity index (χ1n) is 11.2. The summed E-state index contributed by atoms with van der Waals surface area (Å²) >= 11 is 12.2. The third-order valence-corrected chi connectivity index (χ3v) is 6.68. The summed E-state index contributed by atoms with van der Waals surface area (Å²) in [6, 6.07) is 13.7. The standard InChI is InChI=1S/C27H22Cl2FN3O2/c1-31-12-14-2-6-17(7-3-14)33-25-19-10-18(16-8-21(28)27(35)22(29)9-16)23(30)11-24(19)32-13-20(25)26(34)15-4-5-15/h2-3,6-11,13,15,31,35H,4-5,12H2,1H3,(H,32,33). The molecule has 35 heavy (non-hydrogen) atoms. The van der Waals surface area contributed by atoms with Gasteiger partial charge in [-0.15, -0.1) is 0 Å². The maximum absolute atomic E-state index is 15.2. The Kier molecular flexibility index (Phi) is 6.36. The molecule has 0 radical (unpaired) electrons. The van der Waals surface area contributed by atoms with Crippen LogP contribution in [0.4, 0.5) is 15.8 Å². The molecular weight excluding hydrogens is 488 g/mol. The second-order valence-electron chi connectivity index (χ2n) is 8.68. The van der Waals surface area contributed by atoms with E-state index in [9.17, 15) is 9.90 Å². The number of phenols is 1. The van der Waals surface area contributed by atoms with E-state index >= 15 is 4.39 Å². The third-order valence-electron chi connectivity index (χ3n) is 6.10. The van der Waals surface area contributed by atoms with Crippen molar-refractivity contribution < 1.29 is 14.3 Å². The summed E-state index contributed by atoms with van der Waals surface area (Å²) < 4.78 is 15.2. The van der Waals surface area contributed by atoms with Crippen LogP contribution in [-0.2, 0) is 6.54 Å². The number of nitrogens with one attached hydrogen (secondary N) is 2. The first kappa shape index (κ1) is 23.5. The van der Waals surface area contributed by atoms with Crippen molar-refractivity contribution in [2.75, 3.05) is 12.4 Å². The highest BCUT2D eigenvalue weighted by Gasteiger charge is 2.32. The monoisotopic (exact) mass is 509 g/mol. The molecule has 5 nitrogen and oxygen atoms in total. The van der Waals surface area contributed by atoms with E-state index in [1.54, 1.807) is 6.07 Å². The Labute approximate surface area is 211 Å². The van der Waals surface area contributed by atoms with Crippen LogP contribution in [0.3, 0.4) is 0 Å². The molecule has 0 unspecified atom stereocenters. The number of halogens is 3. The Balaban J connectivity index is 1.67. The lowest BCUT2D eigenvalue weighted by Crippen LogP contribution is -2.08. The maximum Gasteiger partial charge on any atom is 0.169 e. The molecule has 0 aliphatic heterocycles. The smallest absolute Gasteiger partial charge is 0.169 e. The zero-order valence-corrected chi connectivity index (χ0v) is 20.3. The van der Waals surface area contributed by atoms with Gasteiger partial charge in [0.2, 0.25) is 0 Å². The first-order chi connectivity index (χ1) is 16.9. The number of ketones is 1. The van der Waals surface area contributed by atoms with Gasteiger partial charge in [-0.25, -0.2) is 4.39 Å². The lowest BCUT2D eigenvalue weighted by molar-refractivity contribution is 0.0968. The molecule has 4 aromatic rings. The Bertz CT molecular complexity index is 1430. The molecule has 0 bridgehead atoms. The number of rotatable bonds is 7. The topological polar surface area (TPSA) is 74.2 Å². The molecule has 0 saturated heterocycles. The van der Waals surface area contributed by atoms with Crippen molar-refractivity contribution in [2.24, 2.45) is 5.92 Å². The highest BCUT2D eigenvalue weighted by atomic mass is 35.5. The van der Waals surface area contributed by atoms with Crippen molar-refractivity contribution in [2.45, 2.75) is 19.4 Å². The Morgan fingerprint density at radius 1 is 1.11 bits per heavy atom. The average Bonchev–Trinajstić information content (AvgIpc) is 3.68. The minimum Gasteiger partial charge on any atom is -0.505 e. The molecule has 3 N–H and O–H groups in total.